The average molecular weight is 307 g/mol. The van der Waals surface area contributed by atoms with Gasteiger partial charge in [0.05, 0.1) is 0 Å². The van der Waals surface area contributed by atoms with E-state index in [9.17, 15) is 13.9 Å². The van der Waals surface area contributed by atoms with Crippen LogP contribution in [0.25, 0.3) is 0 Å². The quantitative estimate of drug-likeness (QED) is 0.547. The van der Waals surface area contributed by atoms with Crippen LogP contribution in [0.15, 0.2) is 0 Å². The molecule has 0 saturated heterocycles. The zero-order chi connectivity index (χ0) is 13.7. The molecular weight excluding hydrogens is 292 g/mol. The number of carbonyl (C=O) groups excluding carboxylic acids is 1. The van der Waals surface area contributed by atoms with Gasteiger partial charge in [0.1, 0.15) is 0 Å². The Morgan fingerprint density at radius 3 is 1.47 bits per heavy atom. The Balaban J connectivity index is 5.49. The Kier molecular flexibility index (Phi) is 6.94. The van der Waals surface area contributed by atoms with Crippen LogP contribution >= 0.6 is 27.8 Å². The lowest BCUT2D eigenvalue weighted by Crippen LogP contribution is -2.33. The standard InChI is InChI=1S/C6H15NO7P2S/c1-11-15(9,12-2)6(7-5(8)17)16(10,13-3)14-4/h6H,1-4H3,(H2,7,8,17). The topological polar surface area (TPSA) is 100 Å². The van der Waals surface area contributed by atoms with Crippen LogP contribution in [0.3, 0.4) is 0 Å². The van der Waals surface area contributed by atoms with E-state index in [4.69, 9.17) is 0 Å². The maximum Gasteiger partial charge on any atom is 0.364 e. The van der Waals surface area contributed by atoms with Crippen LogP contribution in [0.5, 0.6) is 0 Å². The molecule has 0 aromatic heterocycles. The van der Waals surface area contributed by atoms with Gasteiger partial charge in [0.25, 0.3) is 5.24 Å². The van der Waals surface area contributed by atoms with E-state index in [0.29, 0.717) is 0 Å². The summed E-state index contributed by atoms with van der Waals surface area (Å²) in [5.41, 5.74) is -1.59. The minimum Gasteiger partial charge on any atom is -0.323 e. The first-order valence-electron chi connectivity index (χ1n) is 4.21. The molecule has 0 spiro atoms. The summed E-state index contributed by atoms with van der Waals surface area (Å²) in [7, 11) is -3.46. The highest BCUT2D eigenvalue weighted by Crippen LogP contribution is 2.67. The second kappa shape index (κ2) is 6.89. The normalized spacial score (nSPS) is 12.8. The predicted molar refractivity (Wildman–Crippen MR) is 64.6 cm³/mol. The highest BCUT2D eigenvalue weighted by atomic mass is 32.1. The monoisotopic (exact) mass is 307 g/mol. The molecule has 1 amide bonds. The van der Waals surface area contributed by atoms with Gasteiger partial charge in [-0.15, -0.1) is 0 Å². The van der Waals surface area contributed by atoms with E-state index in [2.05, 4.69) is 36.0 Å². The van der Waals surface area contributed by atoms with Crippen LogP contribution in [0.1, 0.15) is 0 Å². The van der Waals surface area contributed by atoms with E-state index in [-0.39, 0.29) is 0 Å². The largest absolute Gasteiger partial charge is 0.364 e. The highest BCUT2D eigenvalue weighted by Gasteiger charge is 2.50. The van der Waals surface area contributed by atoms with Gasteiger partial charge in [0.2, 0.25) is 5.52 Å². The van der Waals surface area contributed by atoms with Crippen LogP contribution in [0.2, 0.25) is 0 Å². The number of hydrogen-bond donors (Lipinski definition) is 2. The summed E-state index contributed by atoms with van der Waals surface area (Å²) in [6.07, 6.45) is 0. The second-order valence-electron chi connectivity index (χ2n) is 2.63. The molecule has 0 saturated carbocycles. The molecule has 0 aliphatic heterocycles. The Bertz CT molecular complexity index is 320. The predicted octanol–water partition coefficient (Wildman–Crippen LogP) is 1.88. The van der Waals surface area contributed by atoms with Crippen molar-refractivity contribution in [2.45, 2.75) is 5.52 Å². The molecule has 0 aromatic rings. The van der Waals surface area contributed by atoms with Crippen molar-refractivity contribution in [2.24, 2.45) is 0 Å². The number of carbonyl (C=O) groups is 1. The fourth-order valence-corrected chi connectivity index (χ4v) is 5.49. The average Bonchev–Trinajstić information content (AvgIpc) is 2.34. The van der Waals surface area contributed by atoms with Gasteiger partial charge < -0.3 is 23.4 Å². The lowest BCUT2D eigenvalue weighted by Gasteiger charge is -2.28. The molecular formula is C6H15NO7P2S. The van der Waals surface area contributed by atoms with Crippen LogP contribution < -0.4 is 5.32 Å². The van der Waals surface area contributed by atoms with Crippen LogP contribution in [0, 0.1) is 0 Å². The van der Waals surface area contributed by atoms with E-state index in [1.54, 1.807) is 0 Å². The van der Waals surface area contributed by atoms with E-state index >= 15 is 0 Å². The molecule has 0 rings (SSSR count). The van der Waals surface area contributed by atoms with Crippen molar-refractivity contribution in [1.29, 1.82) is 0 Å². The molecule has 0 heterocycles. The maximum absolute atomic E-state index is 12.1. The molecule has 11 heteroatoms. The minimum atomic E-state index is -3.89. The van der Waals surface area contributed by atoms with Crippen molar-refractivity contribution in [3.8, 4) is 0 Å². The van der Waals surface area contributed by atoms with Gasteiger partial charge in [-0.25, -0.2) is 0 Å². The fraction of sp³-hybridized carbons (Fsp3) is 0.833. The molecule has 0 atom stereocenters. The Morgan fingerprint density at radius 1 is 1.00 bits per heavy atom. The molecule has 102 valence electrons. The van der Waals surface area contributed by atoms with Crippen LogP contribution in [-0.2, 0) is 27.2 Å². The zero-order valence-electron chi connectivity index (χ0n) is 9.78. The van der Waals surface area contributed by atoms with Gasteiger partial charge >= 0.3 is 15.2 Å². The number of rotatable bonds is 7. The molecule has 0 fully saturated rings. The number of amides is 1. The fourth-order valence-electron chi connectivity index (χ4n) is 0.990. The summed E-state index contributed by atoms with van der Waals surface area (Å²) in [5.74, 6) is 0. The number of thiol groups is 1. The summed E-state index contributed by atoms with van der Waals surface area (Å²) >= 11 is 3.44. The molecule has 0 bridgehead atoms. The van der Waals surface area contributed by atoms with E-state index < -0.39 is 26.0 Å². The molecule has 0 aliphatic carbocycles. The summed E-state index contributed by atoms with van der Waals surface area (Å²) in [6.45, 7) is 0. The third-order valence-corrected chi connectivity index (χ3v) is 7.19. The Labute approximate surface area is 105 Å². The first-order chi connectivity index (χ1) is 7.79. The molecule has 1 N–H and O–H groups in total. The molecule has 0 radical (unpaired) electrons. The van der Waals surface area contributed by atoms with Crippen molar-refractivity contribution in [3.63, 3.8) is 0 Å². The molecule has 0 aliphatic rings. The van der Waals surface area contributed by atoms with Crippen molar-refractivity contribution in [3.05, 3.63) is 0 Å². The van der Waals surface area contributed by atoms with Crippen molar-refractivity contribution in [2.75, 3.05) is 28.4 Å². The highest BCUT2D eigenvalue weighted by molar-refractivity contribution is 7.96. The lowest BCUT2D eigenvalue weighted by molar-refractivity contribution is 0.234. The SMILES string of the molecule is COP(=O)(OC)C(NC(=O)S)P(=O)(OC)OC. The first-order valence-corrected chi connectivity index (χ1v) is 7.88. The van der Waals surface area contributed by atoms with E-state index in [1.807, 2.05) is 0 Å². The first kappa shape index (κ1) is 17.1. The summed E-state index contributed by atoms with van der Waals surface area (Å²) < 4.78 is 42.9. The van der Waals surface area contributed by atoms with Gasteiger partial charge in [-0.05, 0) is 0 Å². The van der Waals surface area contributed by atoms with Gasteiger partial charge in [-0.2, -0.15) is 0 Å². The Morgan fingerprint density at radius 2 is 1.29 bits per heavy atom. The number of nitrogens with one attached hydrogen (secondary N) is 1. The molecule has 17 heavy (non-hydrogen) atoms. The number of hydrogen-bond acceptors (Lipinski definition) is 7. The van der Waals surface area contributed by atoms with Gasteiger partial charge in [0, 0.05) is 28.4 Å². The molecule has 0 unspecified atom stereocenters. The van der Waals surface area contributed by atoms with E-state index in [1.165, 1.54) is 0 Å². The van der Waals surface area contributed by atoms with Gasteiger partial charge in [0.15, 0.2) is 0 Å². The summed E-state index contributed by atoms with van der Waals surface area (Å²) in [5, 5.41) is 1.19. The molecule has 0 aromatic carbocycles. The maximum atomic E-state index is 12.1. The smallest absolute Gasteiger partial charge is 0.323 e. The minimum absolute atomic E-state index is 0.876. The van der Waals surface area contributed by atoms with Crippen molar-refractivity contribution < 1.29 is 32.0 Å². The third kappa shape index (κ3) is 4.06. The van der Waals surface area contributed by atoms with Gasteiger partial charge in [-0.1, -0.05) is 12.6 Å². The summed E-state index contributed by atoms with van der Waals surface area (Å²) in [6, 6.07) is 0. The van der Waals surface area contributed by atoms with Gasteiger partial charge in [-0.3, -0.25) is 13.9 Å². The second-order valence-corrected chi connectivity index (χ2v) is 8.10. The molecule has 8 nitrogen and oxygen atoms in total. The third-order valence-electron chi connectivity index (χ3n) is 1.87. The zero-order valence-corrected chi connectivity index (χ0v) is 12.5. The van der Waals surface area contributed by atoms with E-state index in [0.717, 1.165) is 28.4 Å². The van der Waals surface area contributed by atoms with Crippen molar-refractivity contribution >= 4 is 33.1 Å². The Hall–Kier alpha value is 0.120. The van der Waals surface area contributed by atoms with Crippen LogP contribution in [-0.4, -0.2) is 39.2 Å². The lowest BCUT2D eigenvalue weighted by atomic mass is 11.2. The van der Waals surface area contributed by atoms with Crippen molar-refractivity contribution in [1.82, 2.24) is 5.32 Å². The van der Waals surface area contributed by atoms with Crippen LogP contribution in [0.4, 0.5) is 4.79 Å². The summed E-state index contributed by atoms with van der Waals surface area (Å²) in [4.78, 5) is 10.9.